The van der Waals surface area contributed by atoms with Crippen LogP contribution in [0.1, 0.15) is 27.8 Å². The Balaban J connectivity index is 1.84. The smallest absolute Gasteiger partial charge is 0.312 e. The molecule has 0 saturated heterocycles. The molecule has 0 fully saturated rings. The molecule has 5 heteroatoms. The van der Waals surface area contributed by atoms with Gasteiger partial charge in [-0.15, -0.1) is 0 Å². The molecule has 0 aliphatic carbocycles. The van der Waals surface area contributed by atoms with Crippen LogP contribution < -0.4 is 4.57 Å². The number of hydrogen-bond donors (Lipinski definition) is 0. The Labute approximate surface area is 202 Å². The third-order valence-electron chi connectivity index (χ3n) is 7.79. The molecule has 0 spiro atoms. The van der Waals surface area contributed by atoms with E-state index in [-0.39, 0.29) is 0 Å². The topological polar surface area (TPSA) is 39.3 Å². The summed E-state index contributed by atoms with van der Waals surface area (Å²) >= 11 is 0. The van der Waals surface area contributed by atoms with Crippen molar-refractivity contribution >= 4 is 49.8 Å². The molecule has 3 aromatic carbocycles. The minimum absolute atomic E-state index is 0.901. The van der Waals surface area contributed by atoms with Gasteiger partial charge in [-0.25, -0.2) is 4.57 Å². The fourth-order valence-corrected chi connectivity index (χ4v) is 5.72. The fraction of sp³-hybridized carbons (Fsp3) is 0.200. The van der Waals surface area contributed by atoms with Crippen molar-refractivity contribution in [3.8, 4) is 5.82 Å². The Morgan fingerprint density at radius 2 is 1.63 bits per heavy atom. The summed E-state index contributed by atoms with van der Waals surface area (Å²) in [5.74, 6) is 1.98. The molecule has 172 valence electrons. The summed E-state index contributed by atoms with van der Waals surface area (Å²) in [5, 5.41) is 2.34. The van der Waals surface area contributed by atoms with Gasteiger partial charge in [0.1, 0.15) is 11.1 Å². The minimum atomic E-state index is 0.901. The molecule has 35 heavy (non-hydrogen) atoms. The maximum absolute atomic E-state index is 6.61. The quantitative estimate of drug-likeness (QED) is 0.256. The van der Waals surface area contributed by atoms with Gasteiger partial charge in [0.05, 0.1) is 24.3 Å². The van der Waals surface area contributed by atoms with E-state index in [1.807, 2.05) is 6.07 Å². The van der Waals surface area contributed by atoms with Crippen LogP contribution in [0, 0.1) is 34.6 Å². The van der Waals surface area contributed by atoms with Gasteiger partial charge in [0.15, 0.2) is 11.1 Å². The first-order chi connectivity index (χ1) is 16.9. The second kappa shape index (κ2) is 6.72. The number of aromatic nitrogens is 4. The first kappa shape index (κ1) is 20.3. The molecular weight excluding hydrogens is 432 g/mol. The number of imidazole rings is 2. The lowest BCUT2D eigenvalue weighted by molar-refractivity contribution is -0.665. The van der Waals surface area contributed by atoms with Gasteiger partial charge in [-0.3, -0.25) is 4.40 Å². The molecule has 0 amide bonds. The lowest BCUT2D eigenvalue weighted by Crippen LogP contribution is -2.34. The number of benzene rings is 3. The molecule has 0 aliphatic heterocycles. The van der Waals surface area contributed by atoms with E-state index >= 15 is 0 Å². The number of rotatable bonds is 1. The summed E-state index contributed by atoms with van der Waals surface area (Å²) < 4.78 is 13.4. The minimum Gasteiger partial charge on any atom is -0.454 e. The molecule has 0 N–H and O–H groups in total. The number of fused-ring (bicyclic) bond motifs is 9. The molecule has 0 bridgehead atoms. The number of aryl methyl sites for hydroxylation is 6. The van der Waals surface area contributed by atoms with Crippen molar-refractivity contribution in [1.82, 2.24) is 14.0 Å². The number of pyridine rings is 1. The summed E-state index contributed by atoms with van der Waals surface area (Å²) in [6.45, 7) is 10.9. The van der Waals surface area contributed by atoms with Gasteiger partial charge in [-0.05, 0) is 69.0 Å². The molecule has 0 radical (unpaired) electrons. The van der Waals surface area contributed by atoms with Crippen molar-refractivity contribution in [1.29, 1.82) is 0 Å². The summed E-state index contributed by atoms with van der Waals surface area (Å²) in [7, 11) is 2.11. The van der Waals surface area contributed by atoms with Crippen molar-refractivity contribution in [2.75, 3.05) is 0 Å². The van der Waals surface area contributed by atoms with Crippen molar-refractivity contribution < 1.29 is 8.98 Å². The lowest BCUT2D eigenvalue weighted by Gasteiger charge is -2.09. The van der Waals surface area contributed by atoms with Crippen LogP contribution in [0.4, 0.5) is 0 Å². The van der Waals surface area contributed by atoms with Crippen LogP contribution in [0.2, 0.25) is 0 Å². The van der Waals surface area contributed by atoms with E-state index in [0.717, 1.165) is 50.2 Å². The van der Waals surface area contributed by atoms with Gasteiger partial charge < -0.3 is 4.42 Å². The van der Waals surface area contributed by atoms with Gasteiger partial charge in [-0.2, -0.15) is 9.55 Å². The average Bonchev–Trinajstić information content (AvgIpc) is 3.49. The van der Waals surface area contributed by atoms with Crippen LogP contribution in [0.25, 0.3) is 55.6 Å². The van der Waals surface area contributed by atoms with E-state index < -0.39 is 0 Å². The van der Waals surface area contributed by atoms with E-state index in [4.69, 9.17) is 9.40 Å². The molecule has 5 nitrogen and oxygen atoms in total. The maximum atomic E-state index is 6.61. The number of para-hydroxylation sites is 2. The second-order valence-electron chi connectivity index (χ2n) is 9.88. The van der Waals surface area contributed by atoms with Gasteiger partial charge in [0.2, 0.25) is 0 Å². The molecular formula is C30H27N4O+. The Morgan fingerprint density at radius 1 is 0.829 bits per heavy atom. The zero-order valence-electron chi connectivity index (χ0n) is 20.9. The SMILES string of the molecule is Cc1cc(-n2c3c(C)c(C)c4c5ccccc5oc4c3n3c4cccc(C)c4nc23)[n+](C)cc1C. The van der Waals surface area contributed by atoms with Crippen LogP contribution in [0.3, 0.4) is 0 Å². The predicted molar refractivity (Wildman–Crippen MR) is 142 cm³/mol. The highest BCUT2D eigenvalue weighted by atomic mass is 16.3. The summed E-state index contributed by atoms with van der Waals surface area (Å²) in [4.78, 5) is 5.22. The Hall–Kier alpha value is -4.12. The van der Waals surface area contributed by atoms with E-state index in [2.05, 4.69) is 104 Å². The van der Waals surface area contributed by atoms with Crippen LogP contribution >= 0.6 is 0 Å². The average molecular weight is 460 g/mol. The summed E-state index contributed by atoms with van der Waals surface area (Å²) in [6.07, 6.45) is 2.20. The summed E-state index contributed by atoms with van der Waals surface area (Å²) in [6, 6.07) is 17.0. The zero-order valence-corrected chi connectivity index (χ0v) is 20.9. The predicted octanol–water partition coefficient (Wildman–Crippen LogP) is 6.70. The van der Waals surface area contributed by atoms with Gasteiger partial charge in [0, 0.05) is 22.4 Å². The van der Waals surface area contributed by atoms with Gasteiger partial charge in [0.25, 0.3) is 5.82 Å². The molecule has 0 saturated carbocycles. The highest BCUT2D eigenvalue weighted by molar-refractivity contribution is 6.17. The van der Waals surface area contributed by atoms with Crippen molar-refractivity contribution in [3.63, 3.8) is 0 Å². The molecule has 4 aromatic heterocycles. The summed E-state index contributed by atoms with van der Waals surface area (Å²) in [5.41, 5.74) is 12.3. The molecule has 4 heterocycles. The van der Waals surface area contributed by atoms with Gasteiger partial charge >= 0.3 is 5.78 Å². The molecule has 0 aliphatic rings. The van der Waals surface area contributed by atoms with Crippen molar-refractivity contribution in [2.45, 2.75) is 34.6 Å². The number of hydrogen-bond acceptors (Lipinski definition) is 2. The van der Waals surface area contributed by atoms with Crippen molar-refractivity contribution in [2.24, 2.45) is 7.05 Å². The number of furan rings is 1. The van der Waals surface area contributed by atoms with Crippen LogP contribution in [-0.2, 0) is 7.05 Å². The monoisotopic (exact) mass is 459 g/mol. The molecule has 7 aromatic rings. The van der Waals surface area contributed by atoms with E-state index in [1.165, 1.54) is 33.2 Å². The van der Waals surface area contributed by atoms with Crippen molar-refractivity contribution in [3.05, 3.63) is 82.5 Å². The molecule has 0 unspecified atom stereocenters. The molecule has 0 atom stereocenters. The Morgan fingerprint density at radius 3 is 2.46 bits per heavy atom. The standard InChI is InChI=1S/C30H27N4O/c1-16-10-9-12-22-26(16)31-30-33(22)28-27(34(30)24-14-17(2)18(3)15-32(24)6)20(5)19(4)25-21-11-7-8-13-23(21)35-29(25)28/h7-15H,1-6H3/q+1. The lowest BCUT2D eigenvalue weighted by atomic mass is 10.0. The number of nitrogens with zero attached hydrogens (tertiary/aromatic N) is 4. The highest BCUT2D eigenvalue weighted by Gasteiger charge is 2.31. The molecule has 7 rings (SSSR count). The van der Waals surface area contributed by atoms with E-state index in [1.54, 1.807) is 0 Å². The zero-order chi connectivity index (χ0) is 24.2. The van der Waals surface area contributed by atoms with E-state index in [0.29, 0.717) is 0 Å². The van der Waals surface area contributed by atoms with Gasteiger partial charge in [-0.1, -0.05) is 30.3 Å². The fourth-order valence-electron chi connectivity index (χ4n) is 5.72. The van der Waals surface area contributed by atoms with E-state index in [9.17, 15) is 0 Å². The first-order valence-electron chi connectivity index (χ1n) is 12.1. The van der Waals surface area contributed by atoms with Crippen LogP contribution in [0.15, 0.2) is 59.1 Å². The Kier molecular flexibility index (Phi) is 3.89. The largest absolute Gasteiger partial charge is 0.454 e. The third-order valence-corrected chi connectivity index (χ3v) is 7.79. The van der Waals surface area contributed by atoms with Crippen LogP contribution in [-0.4, -0.2) is 14.0 Å². The Bertz CT molecular complexity index is 2020. The highest BCUT2D eigenvalue weighted by Crippen LogP contribution is 2.42. The first-order valence-corrected chi connectivity index (χ1v) is 12.1. The van der Waals surface area contributed by atoms with Crippen LogP contribution in [0.5, 0.6) is 0 Å². The third kappa shape index (κ3) is 2.47. The normalized spacial score (nSPS) is 12.3. The maximum Gasteiger partial charge on any atom is 0.312 e. The second-order valence-corrected chi connectivity index (χ2v) is 9.88.